The first kappa shape index (κ1) is 20.0. The van der Waals surface area contributed by atoms with Crippen LogP contribution >= 0.6 is 0 Å². The molecule has 0 aliphatic carbocycles. The van der Waals surface area contributed by atoms with Crippen molar-refractivity contribution in [3.05, 3.63) is 52.3 Å². The van der Waals surface area contributed by atoms with E-state index in [0.717, 1.165) is 0 Å². The van der Waals surface area contributed by atoms with Crippen LogP contribution in [0.4, 0.5) is 5.69 Å². The van der Waals surface area contributed by atoms with Crippen LogP contribution in [0.1, 0.15) is 23.3 Å². The Morgan fingerprint density at radius 1 is 1.32 bits per heavy atom. The lowest BCUT2D eigenvalue weighted by atomic mass is 9.98. The van der Waals surface area contributed by atoms with E-state index in [4.69, 9.17) is 0 Å². The van der Waals surface area contributed by atoms with Crippen LogP contribution in [-0.2, 0) is 10.0 Å². The van der Waals surface area contributed by atoms with E-state index in [2.05, 4.69) is 10.4 Å². The molecule has 0 saturated carbocycles. The third-order valence-corrected chi connectivity index (χ3v) is 6.02. The lowest BCUT2D eigenvalue weighted by Gasteiger charge is -2.30. The van der Waals surface area contributed by atoms with Gasteiger partial charge >= 0.3 is 0 Å². The molecule has 1 saturated heterocycles. The summed E-state index contributed by atoms with van der Waals surface area (Å²) in [7, 11) is -3.16. The number of amides is 1. The van der Waals surface area contributed by atoms with Gasteiger partial charge in [0.1, 0.15) is 0 Å². The van der Waals surface area contributed by atoms with E-state index in [1.54, 1.807) is 24.4 Å². The molecule has 1 aromatic heterocycles. The average molecular weight is 407 g/mol. The minimum absolute atomic E-state index is 0.0561. The molecule has 2 aromatic rings. The molecular weight excluding hydrogens is 386 g/mol. The summed E-state index contributed by atoms with van der Waals surface area (Å²) >= 11 is 0. The number of piperidine rings is 1. The molecule has 0 atom stereocenters. The van der Waals surface area contributed by atoms with E-state index in [1.165, 1.54) is 27.4 Å². The fourth-order valence-electron chi connectivity index (χ4n) is 3.11. The maximum Gasteiger partial charge on any atom is 0.271 e. The van der Waals surface area contributed by atoms with Crippen molar-refractivity contribution < 1.29 is 18.1 Å². The van der Waals surface area contributed by atoms with Crippen molar-refractivity contribution in [3.63, 3.8) is 0 Å². The average Bonchev–Trinajstić information content (AvgIpc) is 3.16. The largest absolute Gasteiger partial charge is 0.350 e. The molecule has 150 valence electrons. The number of aromatic nitrogens is 2. The summed E-state index contributed by atoms with van der Waals surface area (Å²) in [5, 5.41) is 17.9. The molecule has 1 aliphatic heterocycles. The van der Waals surface area contributed by atoms with E-state index in [-0.39, 0.29) is 23.2 Å². The number of non-ortho nitro benzene ring substituents is 1. The van der Waals surface area contributed by atoms with Crippen molar-refractivity contribution in [2.45, 2.75) is 12.8 Å². The monoisotopic (exact) mass is 407 g/mol. The van der Waals surface area contributed by atoms with E-state index in [1.807, 2.05) is 0 Å². The molecule has 1 fully saturated rings. The smallest absolute Gasteiger partial charge is 0.271 e. The van der Waals surface area contributed by atoms with Crippen LogP contribution in [0.3, 0.4) is 0 Å². The van der Waals surface area contributed by atoms with Crippen LogP contribution in [0.25, 0.3) is 5.69 Å². The normalized spacial score (nSPS) is 16.0. The third kappa shape index (κ3) is 4.73. The highest BCUT2D eigenvalue weighted by Crippen LogP contribution is 2.19. The van der Waals surface area contributed by atoms with Crippen molar-refractivity contribution in [2.24, 2.45) is 5.92 Å². The minimum atomic E-state index is -3.16. The highest BCUT2D eigenvalue weighted by molar-refractivity contribution is 7.88. The van der Waals surface area contributed by atoms with Crippen molar-refractivity contribution in [1.29, 1.82) is 0 Å². The van der Waals surface area contributed by atoms with Gasteiger partial charge < -0.3 is 5.32 Å². The van der Waals surface area contributed by atoms with E-state index in [9.17, 15) is 23.3 Å². The number of rotatable bonds is 6. The fraction of sp³-hybridized carbons (Fsp3) is 0.412. The van der Waals surface area contributed by atoms with Gasteiger partial charge in [0.15, 0.2) is 5.69 Å². The molecule has 1 aliphatic rings. The Kier molecular flexibility index (Phi) is 5.75. The number of nitrogens with one attached hydrogen (secondary N) is 1. The Morgan fingerprint density at radius 2 is 2.04 bits per heavy atom. The SMILES string of the molecule is CS(=O)(=O)N1CCC(CNC(=O)c2ccn(-c3cccc([N+](=O)[O-])c3)n2)CC1. The minimum Gasteiger partial charge on any atom is -0.350 e. The zero-order chi connectivity index (χ0) is 20.3. The Bertz CT molecular complexity index is 979. The molecule has 0 spiro atoms. The topological polar surface area (TPSA) is 127 Å². The zero-order valence-electron chi connectivity index (χ0n) is 15.3. The second-order valence-corrected chi connectivity index (χ2v) is 8.72. The standard InChI is InChI=1S/C17H21N5O5S/c1-28(26,27)20-8-5-13(6-9-20)12-18-17(23)16-7-10-21(19-16)14-3-2-4-15(11-14)22(24)25/h2-4,7,10-11,13H,5-6,8-9,12H2,1H3,(H,18,23). The van der Waals surface area contributed by atoms with Gasteiger partial charge in [0.05, 0.1) is 16.9 Å². The molecular formula is C17H21N5O5S. The van der Waals surface area contributed by atoms with E-state index >= 15 is 0 Å². The predicted octanol–water partition coefficient (Wildman–Crippen LogP) is 1.18. The molecule has 10 nitrogen and oxygen atoms in total. The molecule has 1 N–H and O–H groups in total. The lowest BCUT2D eigenvalue weighted by Crippen LogP contribution is -2.41. The molecule has 1 amide bonds. The van der Waals surface area contributed by atoms with Gasteiger partial charge in [0.25, 0.3) is 11.6 Å². The summed E-state index contributed by atoms with van der Waals surface area (Å²) in [6.45, 7) is 1.36. The van der Waals surface area contributed by atoms with Crippen LogP contribution < -0.4 is 5.32 Å². The third-order valence-electron chi connectivity index (χ3n) is 4.72. The second kappa shape index (κ2) is 8.07. The molecule has 28 heavy (non-hydrogen) atoms. The number of carbonyl (C=O) groups excluding carboxylic acids is 1. The van der Waals surface area contributed by atoms with Gasteiger partial charge in [-0.3, -0.25) is 14.9 Å². The number of benzene rings is 1. The Labute approximate surface area is 162 Å². The van der Waals surface area contributed by atoms with E-state index < -0.39 is 14.9 Å². The quantitative estimate of drug-likeness (QED) is 0.566. The van der Waals surface area contributed by atoms with Gasteiger partial charge in [-0.1, -0.05) is 6.07 Å². The summed E-state index contributed by atoms with van der Waals surface area (Å²) < 4.78 is 25.9. The van der Waals surface area contributed by atoms with Gasteiger partial charge in [-0.25, -0.2) is 17.4 Å². The van der Waals surface area contributed by atoms with E-state index in [0.29, 0.717) is 38.2 Å². The number of hydrogen-bond donors (Lipinski definition) is 1. The van der Waals surface area contributed by atoms with Crippen molar-refractivity contribution in [2.75, 3.05) is 25.9 Å². The highest BCUT2D eigenvalue weighted by Gasteiger charge is 2.25. The Morgan fingerprint density at radius 3 is 2.68 bits per heavy atom. The molecule has 0 radical (unpaired) electrons. The van der Waals surface area contributed by atoms with Crippen molar-refractivity contribution >= 4 is 21.6 Å². The van der Waals surface area contributed by atoms with Gasteiger partial charge in [-0.05, 0) is 30.9 Å². The van der Waals surface area contributed by atoms with Crippen LogP contribution in [0, 0.1) is 16.0 Å². The summed E-state index contributed by atoms with van der Waals surface area (Å²) in [4.78, 5) is 22.7. The van der Waals surface area contributed by atoms with Gasteiger partial charge in [-0.15, -0.1) is 0 Å². The van der Waals surface area contributed by atoms with Crippen molar-refractivity contribution in [1.82, 2.24) is 19.4 Å². The summed E-state index contributed by atoms with van der Waals surface area (Å²) in [5.74, 6) is -0.129. The van der Waals surface area contributed by atoms with Gasteiger partial charge in [0, 0.05) is 38.0 Å². The summed E-state index contributed by atoms with van der Waals surface area (Å²) in [6, 6.07) is 7.52. The van der Waals surface area contributed by atoms with Crippen LogP contribution in [0.15, 0.2) is 36.5 Å². The van der Waals surface area contributed by atoms with Crippen molar-refractivity contribution in [3.8, 4) is 5.69 Å². The lowest BCUT2D eigenvalue weighted by molar-refractivity contribution is -0.384. The Hall–Kier alpha value is -2.79. The Balaban J connectivity index is 1.57. The molecule has 3 rings (SSSR count). The van der Waals surface area contributed by atoms with Crippen LogP contribution in [-0.4, -0.2) is 59.2 Å². The number of hydrogen-bond acceptors (Lipinski definition) is 6. The first-order valence-electron chi connectivity index (χ1n) is 8.78. The molecule has 11 heteroatoms. The number of nitro benzene ring substituents is 1. The van der Waals surface area contributed by atoms with Crippen LogP contribution in [0.2, 0.25) is 0 Å². The maximum atomic E-state index is 12.3. The van der Waals surface area contributed by atoms with Crippen LogP contribution in [0.5, 0.6) is 0 Å². The second-order valence-electron chi connectivity index (χ2n) is 6.74. The summed E-state index contributed by atoms with van der Waals surface area (Å²) in [5.41, 5.74) is 0.640. The number of sulfonamides is 1. The molecule has 2 heterocycles. The highest BCUT2D eigenvalue weighted by atomic mass is 32.2. The maximum absolute atomic E-state index is 12.3. The zero-order valence-corrected chi connectivity index (χ0v) is 16.1. The molecule has 0 unspecified atom stereocenters. The molecule has 0 bridgehead atoms. The number of nitrogens with zero attached hydrogens (tertiary/aromatic N) is 4. The molecule has 1 aromatic carbocycles. The summed E-state index contributed by atoms with van der Waals surface area (Å²) in [6.07, 6.45) is 4.15. The number of nitro groups is 1. The van der Waals surface area contributed by atoms with Gasteiger partial charge in [-0.2, -0.15) is 5.10 Å². The van der Waals surface area contributed by atoms with Gasteiger partial charge in [0.2, 0.25) is 10.0 Å². The first-order valence-corrected chi connectivity index (χ1v) is 10.6. The predicted molar refractivity (Wildman–Crippen MR) is 102 cm³/mol. The fourth-order valence-corrected chi connectivity index (χ4v) is 3.98. The number of carbonyl (C=O) groups is 1. The first-order chi connectivity index (χ1) is 13.2.